The first-order valence-corrected chi connectivity index (χ1v) is 7.32. The molecule has 4 nitrogen and oxygen atoms in total. The fourth-order valence-electron chi connectivity index (χ4n) is 1.91. The molecule has 0 heterocycles. The van der Waals surface area contributed by atoms with Crippen LogP contribution in [0.25, 0.3) is 0 Å². The third-order valence-electron chi connectivity index (χ3n) is 2.89. The van der Waals surface area contributed by atoms with Crippen LogP contribution in [0.3, 0.4) is 0 Å². The zero-order valence-corrected chi connectivity index (χ0v) is 13.4. The molecular weight excluding hydrogens is 321 g/mol. The minimum Gasteiger partial charge on any atom is -0.459 e. The van der Waals surface area contributed by atoms with Gasteiger partial charge in [0.15, 0.2) is 0 Å². The van der Waals surface area contributed by atoms with E-state index in [0.717, 1.165) is 6.07 Å². The van der Waals surface area contributed by atoms with Crippen LogP contribution in [0.4, 0.5) is 10.1 Å². The van der Waals surface area contributed by atoms with Gasteiger partial charge in [-0.05, 0) is 44.2 Å². The van der Waals surface area contributed by atoms with E-state index in [0.29, 0.717) is 5.69 Å². The molecule has 0 aliphatic carbocycles. The van der Waals surface area contributed by atoms with E-state index >= 15 is 0 Å². The Morgan fingerprint density at radius 1 is 1.17 bits per heavy atom. The zero-order chi connectivity index (χ0) is 17.0. The number of benzene rings is 2. The summed E-state index contributed by atoms with van der Waals surface area (Å²) in [4.78, 5) is 24.0. The average Bonchev–Trinajstić information content (AvgIpc) is 2.46. The lowest BCUT2D eigenvalue weighted by atomic mass is 10.1. The van der Waals surface area contributed by atoms with E-state index in [9.17, 15) is 14.0 Å². The summed E-state index contributed by atoms with van der Waals surface area (Å²) < 4.78 is 18.8. The molecule has 0 aromatic heterocycles. The van der Waals surface area contributed by atoms with Crippen LogP contribution in [0.15, 0.2) is 42.5 Å². The Morgan fingerprint density at radius 3 is 2.52 bits per heavy atom. The van der Waals surface area contributed by atoms with Crippen molar-refractivity contribution in [2.24, 2.45) is 0 Å². The highest BCUT2D eigenvalue weighted by molar-refractivity contribution is 6.34. The monoisotopic (exact) mass is 335 g/mol. The number of ether oxygens (including phenoxy) is 1. The maximum atomic E-state index is 13.7. The highest BCUT2D eigenvalue weighted by atomic mass is 35.5. The number of esters is 1. The molecule has 2 aromatic carbocycles. The van der Waals surface area contributed by atoms with Crippen LogP contribution in [0, 0.1) is 5.82 Å². The summed E-state index contributed by atoms with van der Waals surface area (Å²) in [5.41, 5.74) is 0.382. The van der Waals surface area contributed by atoms with Gasteiger partial charge in [-0.1, -0.05) is 23.7 Å². The number of nitrogens with one attached hydrogen (secondary N) is 1. The quantitative estimate of drug-likeness (QED) is 0.848. The first-order valence-electron chi connectivity index (χ1n) is 6.95. The van der Waals surface area contributed by atoms with Crippen LogP contribution in [0.2, 0.25) is 5.02 Å². The standard InChI is InChI=1S/C17H15ClFNO3/c1-10(2)23-17(22)11-5-3-6-12(9-11)20-16(21)15-13(18)7-4-8-14(15)19/h3-10H,1-2H3,(H,20,21). The van der Waals surface area contributed by atoms with Crippen LogP contribution < -0.4 is 5.32 Å². The molecule has 2 rings (SSSR count). The van der Waals surface area contributed by atoms with Gasteiger partial charge in [-0.25, -0.2) is 9.18 Å². The minimum atomic E-state index is -0.717. The molecule has 0 aliphatic heterocycles. The summed E-state index contributed by atoms with van der Waals surface area (Å²) in [7, 11) is 0. The number of hydrogen-bond donors (Lipinski definition) is 1. The minimum absolute atomic E-state index is 0.0119. The molecule has 120 valence electrons. The lowest BCUT2D eigenvalue weighted by molar-refractivity contribution is 0.0377. The third kappa shape index (κ3) is 4.29. The predicted molar refractivity (Wildman–Crippen MR) is 86.4 cm³/mol. The van der Waals surface area contributed by atoms with Crippen molar-refractivity contribution >= 4 is 29.2 Å². The van der Waals surface area contributed by atoms with Crippen molar-refractivity contribution in [3.8, 4) is 0 Å². The molecule has 1 amide bonds. The number of carbonyl (C=O) groups is 2. The van der Waals surface area contributed by atoms with Crippen LogP contribution in [0.1, 0.15) is 34.6 Å². The largest absolute Gasteiger partial charge is 0.459 e. The summed E-state index contributed by atoms with van der Waals surface area (Å²) in [5, 5.41) is 2.53. The molecule has 0 aliphatic rings. The van der Waals surface area contributed by atoms with Crippen molar-refractivity contribution in [1.29, 1.82) is 0 Å². The molecule has 0 fully saturated rings. The van der Waals surface area contributed by atoms with Gasteiger partial charge in [0.1, 0.15) is 5.82 Å². The van der Waals surface area contributed by atoms with Crippen molar-refractivity contribution in [1.82, 2.24) is 0 Å². The summed E-state index contributed by atoms with van der Waals surface area (Å²) in [6.45, 7) is 3.48. The van der Waals surface area contributed by atoms with Gasteiger partial charge in [0.05, 0.1) is 22.3 Å². The van der Waals surface area contributed by atoms with E-state index in [1.54, 1.807) is 32.0 Å². The second-order valence-electron chi connectivity index (χ2n) is 5.09. The average molecular weight is 336 g/mol. The molecule has 0 saturated heterocycles. The van der Waals surface area contributed by atoms with Crippen molar-refractivity contribution < 1.29 is 18.7 Å². The van der Waals surface area contributed by atoms with Gasteiger partial charge in [0.2, 0.25) is 0 Å². The molecule has 23 heavy (non-hydrogen) atoms. The molecular formula is C17H15ClFNO3. The molecule has 0 atom stereocenters. The van der Waals surface area contributed by atoms with Crippen LogP contribution >= 0.6 is 11.6 Å². The zero-order valence-electron chi connectivity index (χ0n) is 12.6. The topological polar surface area (TPSA) is 55.4 Å². The molecule has 1 N–H and O–H groups in total. The van der Waals surface area contributed by atoms with Gasteiger partial charge in [-0.15, -0.1) is 0 Å². The lowest BCUT2D eigenvalue weighted by Crippen LogP contribution is -2.15. The van der Waals surface area contributed by atoms with E-state index in [4.69, 9.17) is 16.3 Å². The highest BCUT2D eigenvalue weighted by Crippen LogP contribution is 2.21. The number of halogens is 2. The second-order valence-corrected chi connectivity index (χ2v) is 5.49. The summed E-state index contributed by atoms with van der Waals surface area (Å²) >= 11 is 5.85. The van der Waals surface area contributed by atoms with Crippen LogP contribution in [-0.4, -0.2) is 18.0 Å². The Balaban J connectivity index is 2.21. The molecule has 0 spiro atoms. The second kappa shape index (κ2) is 7.24. The Kier molecular flexibility index (Phi) is 5.34. The molecule has 0 saturated carbocycles. The van der Waals surface area contributed by atoms with Crippen molar-refractivity contribution in [3.05, 3.63) is 64.4 Å². The summed E-state index contributed by atoms with van der Waals surface area (Å²) in [5.74, 6) is -1.91. The van der Waals surface area contributed by atoms with Crippen molar-refractivity contribution in [2.45, 2.75) is 20.0 Å². The fourth-order valence-corrected chi connectivity index (χ4v) is 2.16. The van der Waals surface area contributed by atoms with Crippen molar-refractivity contribution in [3.63, 3.8) is 0 Å². The highest BCUT2D eigenvalue weighted by Gasteiger charge is 2.16. The predicted octanol–water partition coefficient (Wildman–Crippen LogP) is 4.30. The maximum Gasteiger partial charge on any atom is 0.338 e. The number of rotatable bonds is 4. The first kappa shape index (κ1) is 17.0. The maximum absolute atomic E-state index is 13.7. The molecule has 0 bridgehead atoms. The van der Waals surface area contributed by atoms with E-state index in [-0.39, 0.29) is 22.3 Å². The van der Waals surface area contributed by atoms with E-state index in [1.165, 1.54) is 18.2 Å². The van der Waals surface area contributed by atoms with Crippen molar-refractivity contribution in [2.75, 3.05) is 5.32 Å². The molecule has 2 aromatic rings. The van der Waals surface area contributed by atoms with Gasteiger partial charge < -0.3 is 10.1 Å². The fraction of sp³-hybridized carbons (Fsp3) is 0.176. The van der Waals surface area contributed by atoms with Gasteiger partial charge in [-0.2, -0.15) is 0 Å². The van der Waals surface area contributed by atoms with E-state index in [1.807, 2.05) is 0 Å². The SMILES string of the molecule is CC(C)OC(=O)c1cccc(NC(=O)c2c(F)cccc2Cl)c1. The number of amides is 1. The Hall–Kier alpha value is -2.40. The Labute approximate surface area is 138 Å². The third-order valence-corrected chi connectivity index (χ3v) is 3.20. The van der Waals surface area contributed by atoms with Gasteiger partial charge >= 0.3 is 5.97 Å². The summed E-state index contributed by atoms with van der Waals surface area (Å²) in [6, 6.07) is 10.2. The first-order chi connectivity index (χ1) is 10.9. The Bertz CT molecular complexity index is 726. The number of anilines is 1. The van der Waals surface area contributed by atoms with Gasteiger partial charge in [0, 0.05) is 5.69 Å². The molecule has 0 radical (unpaired) electrons. The van der Waals surface area contributed by atoms with Crippen LogP contribution in [-0.2, 0) is 4.74 Å². The summed E-state index contributed by atoms with van der Waals surface area (Å²) in [6.07, 6.45) is -0.252. The Morgan fingerprint density at radius 2 is 1.87 bits per heavy atom. The number of carbonyl (C=O) groups excluding carboxylic acids is 2. The van der Waals surface area contributed by atoms with Gasteiger partial charge in [-0.3, -0.25) is 4.79 Å². The van der Waals surface area contributed by atoms with Crippen LogP contribution in [0.5, 0.6) is 0 Å². The van der Waals surface area contributed by atoms with E-state index in [2.05, 4.69) is 5.32 Å². The van der Waals surface area contributed by atoms with Gasteiger partial charge in [0.25, 0.3) is 5.91 Å². The molecule has 6 heteroatoms. The normalized spacial score (nSPS) is 10.5. The number of hydrogen-bond acceptors (Lipinski definition) is 3. The molecule has 0 unspecified atom stereocenters. The smallest absolute Gasteiger partial charge is 0.338 e. The van der Waals surface area contributed by atoms with E-state index < -0.39 is 17.7 Å². The lowest BCUT2D eigenvalue weighted by Gasteiger charge is -2.10.